The molecule has 0 saturated carbocycles. The maximum absolute atomic E-state index is 13.1. The summed E-state index contributed by atoms with van der Waals surface area (Å²) in [5.41, 5.74) is 2.27. The first-order valence-corrected chi connectivity index (χ1v) is 8.51. The van der Waals surface area contributed by atoms with Gasteiger partial charge in [-0.2, -0.15) is 5.10 Å². The average Bonchev–Trinajstić information content (AvgIpc) is 3.06. The highest BCUT2D eigenvalue weighted by Crippen LogP contribution is 2.37. The Morgan fingerprint density at radius 1 is 1.29 bits per heavy atom. The molecule has 126 valence electrons. The first-order valence-electron chi connectivity index (χ1n) is 8.13. The fourth-order valence-electron chi connectivity index (χ4n) is 3.67. The second-order valence-electron chi connectivity index (χ2n) is 6.34. The number of amides is 1. The fraction of sp³-hybridized carbons (Fsp3) is 0.412. The topological polar surface area (TPSA) is 50.2 Å². The Morgan fingerprint density at radius 3 is 2.79 bits per heavy atom. The number of aryl methyl sites for hydroxylation is 1. The van der Waals surface area contributed by atoms with Crippen molar-refractivity contribution in [3.63, 3.8) is 0 Å². The number of nitrogens with zero attached hydrogens (tertiary/aromatic N) is 3. The number of aromatic nitrogens is 2. The first-order chi connectivity index (χ1) is 11.6. The lowest BCUT2D eigenvalue weighted by molar-refractivity contribution is -0.122. The number of halogens is 2. The van der Waals surface area contributed by atoms with Crippen LogP contribution in [0.4, 0.5) is 4.39 Å². The van der Waals surface area contributed by atoms with E-state index in [4.69, 9.17) is 11.6 Å². The van der Waals surface area contributed by atoms with Crippen molar-refractivity contribution in [2.75, 3.05) is 6.54 Å². The molecule has 2 atom stereocenters. The van der Waals surface area contributed by atoms with Crippen LogP contribution in [0.5, 0.6) is 0 Å². The minimum atomic E-state index is -0.307. The second kappa shape index (κ2) is 5.86. The smallest absolute Gasteiger partial charge is 0.238 e. The van der Waals surface area contributed by atoms with Gasteiger partial charge in [0.2, 0.25) is 5.91 Å². The van der Waals surface area contributed by atoms with Gasteiger partial charge in [-0.1, -0.05) is 18.0 Å². The summed E-state index contributed by atoms with van der Waals surface area (Å²) in [6.07, 6.45) is 2.78. The Hall–Kier alpha value is -1.92. The van der Waals surface area contributed by atoms with Gasteiger partial charge in [0.25, 0.3) is 0 Å². The largest absolute Gasteiger partial charge is 0.335 e. The highest BCUT2D eigenvalue weighted by Gasteiger charge is 2.43. The molecule has 1 aromatic heterocycles. The molecule has 7 heteroatoms. The van der Waals surface area contributed by atoms with E-state index < -0.39 is 0 Å². The summed E-state index contributed by atoms with van der Waals surface area (Å²) in [5, 5.41) is 8.01. The third-order valence-electron chi connectivity index (χ3n) is 4.85. The number of hydrogen-bond acceptors (Lipinski definition) is 3. The van der Waals surface area contributed by atoms with E-state index in [0.717, 1.165) is 37.1 Å². The van der Waals surface area contributed by atoms with Crippen molar-refractivity contribution in [3.8, 4) is 5.69 Å². The summed E-state index contributed by atoms with van der Waals surface area (Å²) in [7, 11) is 0. The molecule has 2 unspecified atom stereocenters. The van der Waals surface area contributed by atoms with E-state index in [2.05, 4.69) is 15.3 Å². The van der Waals surface area contributed by atoms with Crippen molar-refractivity contribution < 1.29 is 9.18 Å². The summed E-state index contributed by atoms with van der Waals surface area (Å²) in [4.78, 5) is 14.4. The van der Waals surface area contributed by atoms with Crippen molar-refractivity contribution in [2.45, 2.75) is 38.4 Å². The second-order valence-corrected chi connectivity index (χ2v) is 6.70. The van der Waals surface area contributed by atoms with Crippen LogP contribution in [-0.2, 0) is 4.79 Å². The van der Waals surface area contributed by atoms with Crippen molar-refractivity contribution >= 4 is 17.5 Å². The predicted octanol–water partition coefficient (Wildman–Crippen LogP) is 2.96. The number of piperidine rings is 1. The van der Waals surface area contributed by atoms with Gasteiger partial charge in [-0.15, -0.1) is 0 Å². The van der Waals surface area contributed by atoms with Crippen LogP contribution in [-0.4, -0.2) is 33.2 Å². The third kappa shape index (κ3) is 2.41. The molecule has 5 nitrogen and oxygen atoms in total. The van der Waals surface area contributed by atoms with E-state index in [1.165, 1.54) is 12.1 Å². The van der Waals surface area contributed by atoms with E-state index in [1.54, 1.807) is 16.8 Å². The van der Waals surface area contributed by atoms with E-state index >= 15 is 0 Å². The van der Waals surface area contributed by atoms with Gasteiger partial charge in [-0.05, 0) is 44.0 Å². The summed E-state index contributed by atoms with van der Waals surface area (Å²) in [5.74, 6) is -0.247. The van der Waals surface area contributed by atoms with Gasteiger partial charge in [0.1, 0.15) is 17.1 Å². The summed E-state index contributed by atoms with van der Waals surface area (Å²) >= 11 is 6.59. The molecule has 2 fully saturated rings. The zero-order valence-electron chi connectivity index (χ0n) is 13.3. The van der Waals surface area contributed by atoms with Crippen molar-refractivity contribution in [3.05, 3.63) is 46.5 Å². The molecule has 3 heterocycles. The molecule has 2 aliphatic rings. The standard InChI is InChI=1S/C17H18ClFN4O/c1-10-14(16-20-17(24)13-4-2-3-9-22(13)16)15(18)23(21-10)12-7-5-11(19)6-8-12/h5-8,13,16H,2-4,9H2,1H3,(H,20,24). The predicted molar refractivity (Wildman–Crippen MR) is 88.5 cm³/mol. The molecule has 2 saturated heterocycles. The average molecular weight is 349 g/mol. The quantitative estimate of drug-likeness (QED) is 0.907. The van der Waals surface area contributed by atoms with Crippen LogP contribution in [0.3, 0.4) is 0 Å². The zero-order valence-corrected chi connectivity index (χ0v) is 14.1. The van der Waals surface area contributed by atoms with Crippen LogP contribution in [0.15, 0.2) is 24.3 Å². The number of carbonyl (C=O) groups excluding carboxylic acids is 1. The maximum atomic E-state index is 13.1. The van der Waals surface area contributed by atoms with Gasteiger partial charge in [0, 0.05) is 12.1 Å². The molecule has 0 radical (unpaired) electrons. The molecule has 1 N–H and O–H groups in total. The Labute approximate surface area is 144 Å². The summed E-state index contributed by atoms with van der Waals surface area (Å²) < 4.78 is 14.7. The molecule has 0 bridgehead atoms. The van der Waals surface area contributed by atoms with Crippen LogP contribution in [0.25, 0.3) is 5.69 Å². The molecule has 0 aliphatic carbocycles. The molecule has 0 spiro atoms. The molecule has 2 aliphatic heterocycles. The number of hydrogen-bond donors (Lipinski definition) is 1. The monoisotopic (exact) mass is 348 g/mol. The van der Waals surface area contributed by atoms with Crippen molar-refractivity contribution in [1.82, 2.24) is 20.0 Å². The zero-order chi connectivity index (χ0) is 16.8. The molecule has 1 amide bonds. The lowest BCUT2D eigenvalue weighted by Crippen LogP contribution is -2.38. The molecular weight excluding hydrogens is 331 g/mol. The third-order valence-corrected chi connectivity index (χ3v) is 5.21. The Kier molecular flexibility index (Phi) is 3.81. The Balaban J connectivity index is 1.74. The highest BCUT2D eigenvalue weighted by atomic mass is 35.5. The molecular formula is C17H18ClFN4O. The van der Waals surface area contributed by atoms with Crippen LogP contribution in [0, 0.1) is 12.7 Å². The molecule has 2 aromatic rings. The van der Waals surface area contributed by atoms with Crippen molar-refractivity contribution in [1.29, 1.82) is 0 Å². The van der Waals surface area contributed by atoms with Crippen LogP contribution in [0.2, 0.25) is 5.15 Å². The van der Waals surface area contributed by atoms with E-state index in [1.807, 2.05) is 6.92 Å². The summed E-state index contributed by atoms with van der Waals surface area (Å²) in [6, 6.07) is 5.94. The van der Waals surface area contributed by atoms with Crippen molar-refractivity contribution in [2.24, 2.45) is 0 Å². The van der Waals surface area contributed by atoms with Gasteiger partial charge >= 0.3 is 0 Å². The normalized spacial score (nSPS) is 24.0. The van der Waals surface area contributed by atoms with Gasteiger partial charge in [-0.3, -0.25) is 9.69 Å². The number of carbonyl (C=O) groups is 1. The number of nitrogens with one attached hydrogen (secondary N) is 1. The highest BCUT2D eigenvalue weighted by molar-refractivity contribution is 6.30. The minimum absolute atomic E-state index is 0.0599. The number of fused-ring (bicyclic) bond motifs is 1. The Bertz CT molecular complexity index is 789. The Morgan fingerprint density at radius 2 is 2.04 bits per heavy atom. The van der Waals surface area contributed by atoms with E-state index in [0.29, 0.717) is 10.8 Å². The van der Waals surface area contributed by atoms with E-state index in [9.17, 15) is 9.18 Å². The fourth-order valence-corrected chi connectivity index (χ4v) is 4.05. The first kappa shape index (κ1) is 15.6. The lowest BCUT2D eigenvalue weighted by atomic mass is 10.0. The molecule has 24 heavy (non-hydrogen) atoms. The molecule has 4 rings (SSSR count). The summed E-state index contributed by atoms with van der Waals surface area (Å²) in [6.45, 7) is 2.75. The van der Waals surface area contributed by atoms with Gasteiger partial charge in [0.15, 0.2) is 0 Å². The number of rotatable bonds is 2. The number of benzene rings is 1. The minimum Gasteiger partial charge on any atom is -0.335 e. The van der Waals surface area contributed by atoms with Gasteiger partial charge in [0.05, 0.1) is 17.4 Å². The lowest BCUT2D eigenvalue weighted by Gasteiger charge is -2.31. The van der Waals surface area contributed by atoms with Gasteiger partial charge < -0.3 is 5.32 Å². The van der Waals surface area contributed by atoms with E-state index in [-0.39, 0.29) is 23.9 Å². The van der Waals surface area contributed by atoms with Crippen LogP contribution < -0.4 is 5.32 Å². The van der Waals surface area contributed by atoms with Crippen LogP contribution >= 0.6 is 11.6 Å². The van der Waals surface area contributed by atoms with Crippen LogP contribution in [0.1, 0.15) is 36.7 Å². The van der Waals surface area contributed by atoms with Gasteiger partial charge in [-0.25, -0.2) is 9.07 Å². The maximum Gasteiger partial charge on any atom is 0.238 e. The molecule has 1 aromatic carbocycles. The SMILES string of the molecule is Cc1nn(-c2ccc(F)cc2)c(Cl)c1C1NC(=O)C2CCCCN21.